The molecule has 2 atom stereocenters. The van der Waals surface area contributed by atoms with Crippen molar-refractivity contribution in [3.8, 4) is 5.75 Å². The van der Waals surface area contributed by atoms with Crippen LogP contribution in [0.25, 0.3) is 0 Å². The summed E-state index contributed by atoms with van der Waals surface area (Å²) in [6.07, 6.45) is 1.56. The fourth-order valence-electron chi connectivity index (χ4n) is 3.67. The SMILES string of the molecule is CCN1CCN([C@@H]2c3cc(OC)ccc3CC[C@H]2O)CC1. The molecule has 1 aliphatic carbocycles. The summed E-state index contributed by atoms with van der Waals surface area (Å²) >= 11 is 0. The highest BCUT2D eigenvalue weighted by molar-refractivity contribution is 5.40. The maximum absolute atomic E-state index is 10.6. The van der Waals surface area contributed by atoms with E-state index < -0.39 is 0 Å². The Morgan fingerprint density at radius 3 is 2.67 bits per heavy atom. The van der Waals surface area contributed by atoms with E-state index in [1.807, 2.05) is 6.07 Å². The average Bonchev–Trinajstić information content (AvgIpc) is 2.54. The highest BCUT2D eigenvalue weighted by Crippen LogP contribution is 2.37. The van der Waals surface area contributed by atoms with Crippen LogP contribution >= 0.6 is 0 Å². The quantitative estimate of drug-likeness (QED) is 0.919. The molecule has 4 heteroatoms. The summed E-state index contributed by atoms with van der Waals surface area (Å²) < 4.78 is 5.38. The first-order valence-electron chi connectivity index (χ1n) is 8.04. The topological polar surface area (TPSA) is 35.9 Å². The third kappa shape index (κ3) is 2.93. The number of benzene rings is 1. The monoisotopic (exact) mass is 290 g/mol. The van der Waals surface area contributed by atoms with Gasteiger partial charge in [0.15, 0.2) is 0 Å². The van der Waals surface area contributed by atoms with E-state index in [9.17, 15) is 5.11 Å². The molecule has 0 bridgehead atoms. The van der Waals surface area contributed by atoms with Gasteiger partial charge in [-0.25, -0.2) is 0 Å². The number of nitrogens with zero attached hydrogens (tertiary/aromatic N) is 2. The first-order valence-corrected chi connectivity index (χ1v) is 8.04. The molecule has 116 valence electrons. The number of fused-ring (bicyclic) bond motifs is 1. The highest BCUT2D eigenvalue weighted by atomic mass is 16.5. The van der Waals surface area contributed by atoms with Gasteiger partial charge in [-0.15, -0.1) is 0 Å². The van der Waals surface area contributed by atoms with Gasteiger partial charge in [0.2, 0.25) is 0 Å². The first-order chi connectivity index (χ1) is 10.2. The van der Waals surface area contributed by atoms with Gasteiger partial charge >= 0.3 is 0 Å². The summed E-state index contributed by atoms with van der Waals surface area (Å²) in [7, 11) is 1.70. The minimum absolute atomic E-state index is 0.128. The number of hydrogen-bond donors (Lipinski definition) is 1. The molecule has 1 aliphatic heterocycles. The highest BCUT2D eigenvalue weighted by Gasteiger charge is 2.34. The molecule has 0 aromatic heterocycles. The molecule has 1 aromatic carbocycles. The van der Waals surface area contributed by atoms with Gasteiger partial charge in [0.05, 0.1) is 19.3 Å². The number of likely N-dealkylation sites (N-methyl/N-ethyl adjacent to an activating group) is 1. The van der Waals surface area contributed by atoms with Crippen LogP contribution in [0.4, 0.5) is 0 Å². The van der Waals surface area contributed by atoms with Gasteiger partial charge in [0, 0.05) is 26.2 Å². The van der Waals surface area contributed by atoms with E-state index >= 15 is 0 Å². The number of hydrogen-bond acceptors (Lipinski definition) is 4. The Morgan fingerprint density at radius 1 is 1.24 bits per heavy atom. The largest absolute Gasteiger partial charge is 0.497 e. The molecule has 0 spiro atoms. The molecular weight excluding hydrogens is 264 g/mol. The molecule has 1 N–H and O–H groups in total. The molecule has 4 nitrogen and oxygen atoms in total. The molecule has 1 heterocycles. The molecule has 2 aliphatic rings. The van der Waals surface area contributed by atoms with Gasteiger partial charge in [0.1, 0.15) is 5.75 Å². The van der Waals surface area contributed by atoms with Gasteiger partial charge in [0.25, 0.3) is 0 Å². The van der Waals surface area contributed by atoms with Crippen molar-refractivity contribution in [3.63, 3.8) is 0 Å². The Kier molecular flexibility index (Phi) is 4.48. The molecule has 1 aromatic rings. The first kappa shape index (κ1) is 14.8. The lowest BCUT2D eigenvalue weighted by atomic mass is 9.84. The van der Waals surface area contributed by atoms with Crippen LogP contribution in [0.2, 0.25) is 0 Å². The molecule has 0 saturated carbocycles. The van der Waals surface area contributed by atoms with Crippen molar-refractivity contribution in [2.75, 3.05) is 39.8 Å². The van der Waals surface area contributed by atoms with E-state index in [2.05, 4.69) is 28.9 Å². The van der Waals surface area contributed by atoms with Gasteiger partial charge in [-0.3, -0.25) is 4.90 Å². The van der Waals surface area contributed by atoms with Crippen LogP contribution < -0.4 is 4.74 Å². The number of methoxy groups -OCH3 is 1. The van der Waals surface area contributed by atoms with Crippen LogP contribution in [0, 0.1) is 0 Å². The summed E-state index contributed by atoms with van der Waals surface area (Å²) in [4.78, 5) is 4.92. The summed E-state index contributed by atoms with van der Waals surface area (Å²) in [5.74, 6) is 0.889. The van der Waals surface area contributed by atoms with Crippen molar-refractivity contribution in [1.82, 2.24) is 9.80 Å². The Balaban J connectivity index is 1.85. The van der Waals surface area contributed by atoms with Crippen molar-refractivity contribution in [3.05, 3.63) is 29.3 Å². The zero-order chi connectivity index (χ0) is 14.8. The molecule has 21 heavy (non-hydrogen) atoms. The number of piperazine rings is 1. The zero-order valence-electron chi connectivity index (χ0n) is 13.1. The van der Waals surface area contributed by atoms with E-state index in [1.54, 1.807) is 7.11 Å². The van der Waals surface area contributed by atoms with Crippen molar-refractivity contribution < 1.29 is 9.84 Å². The Bertz CT molecular complexity index is 484. The smallest absolute Gasteiger partial charge is 0.119 e. The minimum atomic E-state index is -0.266. The van der Waals surface area contributed by atoms with Gasteiger partial charge < -0.3 is 14.7 Å². The fraction of sp³-hybridized carbons (Fsp3) is 0.647. The van der Waals surface area contributed by atoms with E-state index in [4.69, 9.17) is 4.74 Å². The Hall–Kier alpha value is -1.10. The van der Waals surface area contributed by atoms with Gasteiger partial charge in [-0.1, -0.05) is 13.0 Å². The Morgan fingerprint density at radius 2 is 2.00 bits per heavy atom. The maximum Gasteiger partial charge on any atom is 0.119 e. The molecule has 1 fully saturated rings. The fourth-order valence-corrected chi connectivity index (χ4v) is 3.67. The second-order valence-corrected chi connectivity index (χ2v) is 6.09. The number of rotatable bonds is 3. The molecule has 0 unspecified atom stereocenters. The van der Waals surface area contributed by atoms with E-state index in [0.717, 1.165) is 51.3 Å². The van der Waals surface area contributed by atoms with Crippen molar-refractivity contribution in [2.45, 2.75) is 31.9 Å². The lowest BCUT2D eigenvalue weighted by molar-refractivity contribution is 0.00930. The molecule has 0 amide bonds. The van der Waals surface area contributed by atoms with Crippen molar-refractivity contribution >= 4 is 0 Å². The predicted molar refractivity (Wildman–Crippen MR) is 83.7 cm³/mol. The molecule has 1 saturated heterocycles. The second-order valence-electron chi connectivity index (χ2n) is 6.09. The summed E-state index contributed by atoms with van der Waals surface area (Å²) in [6, 6.07) is 6.44. The zero-order valence-corrected chi connectivity index (χ0v) is 13.1. The summed E-state index contributed by atoms with van der Waals surface area (Å²) in [5.41, 5.74) is 2.63. The van der Waals surface area contributed by atoms with Crippen molar-refractivity contribution in [2.24, 2.45) is 0 Å². The number of aliphatic hydroxyl groups excluding tert-OH is 1. The number of aliphatic hydroxyl groups is 1. The maximum atomic E-state index is 10.6. The second kappa shape index (κ2) is 6.34. The third-order valence-corrected chi connectivity index (χ3v) is 4.99. The van der Waals surface area contributed by atoms with Crippen LogP contribution in [0.3, 0.4) is 0 Å². The van der Waals surface area contributed by atoms with Crippen LogP contribution in [0.5, 0.6) is 5.75 Å². The van der Waals surface area contributed by atoms with E-state index in [1.165, 1.54) is 11.1 Å². The minimum Gasteiger partial charge on any atom is -0.497 e. The molecule has 3 rings (SSSR count). The van der Waals surface area contributed by atoms with E-state index in [-0.39, 0.29) is 12.1 Å². The van der Waals surface area contributed by atoms with Gasteiger partial charge in [-0.2, -0.15) is 0 Å². The van der Waals surface area contributed by atoms with Crippen LogP contribution in [-0.4, -0.2) is 60.8 Å². The lowest BCUT2D eigenvalue weighted by Gasteiger charge is -2.43. The summed E-state index contributed by atoms with van der Waals surface area (Å²) in [6.45, 7) is 7.59. The van der Waals surface area contributed by atoms with Crippen LogP contribution in [0.1, 0.15) is 30.5 Å². The Labute approximate surface area is 127 Å². The van der Waals surface area contributed by atoms with Gasteiger partial charge in [-0.05, 0) is 42.6 Å². The molecular formula is C17H26N2O2. The van der Waals surface area contributed by atoms with Crippen molar-refractivity contribution in [1.29, 1.82) is 0 Å². The van der Waals surface area contributed by atoms with Crippen LogP contribution in [-0.2, 0) is 6.42 Å². The number of ether oxygens (including phenoxy) is 1. The third-order valence-electron chi connectivity index (χ3n) is 4.99. The number of aryl methyl sites for hydroxylation is 1. The predicted octanol–water partition coefficient (Wildman–Crippen LogP) is 1.68. The lowest BCUT2D eigenvalue weighted by Crippen LogP contribution is -2.50. The standard InChI is InChI=1S/C17H26N2O2/c1-3-18-8-10-19(11-9-18)17-15-12-14(21-2)6-4-13(15)5-7-16(17)20/h4,6,12,16-17,20H,3,5,7-11H2,1-2H3/t16-,17-/m1/s1. The average molecular weight is 290 g/mol. The van der Waals surface area contributed by atoms with Crippen LogP contribution in [0.15, 0.2) is 18.2 Å². The normalized spacial score (nSPS) is 27.4. The molecule has 0 radical (unpaired) electrons. The van der Waals surface area contributed by atoms with E-state index in [0.29, 0.717) is 0 Å². The summed E-state index contributed by atoms with van der Waals surface area (Å²) in [5, 5.41) is 10.6.